The van der Waals surface area contributed by atoms with Gasteiger partial charge in [0.1, 0.15) is 59.8 Å². The summed E-state index contributed by atoms with van der Waals surface area (Å²) in [6.45, 7) is 2.82. The molecule has 5 aromatic carbocycles. The number of H-pyrrole nitrogens is 1. The second-order valence-electron chi connectivity index (χ2n) is 23.0. The Bertz CT molecular complexity index is 3570. The third-order valence-corrected chi connectivity index (χ3v) is 16.4. The third kappa shape index (κ3) is 20.9. The fourth-order valence-corrected chi connectivity index (χ4v) is 11.2. The van der Waals surface area contributed by atoms with Crippen molar-refractivity contribution in [2.45, 2.75) is 114 Å². The molecule has 2 heterocycles. The number of carbonyl (C=O) groups is 11. The van der Waals surface area contributed by atoms with Crippen LogP contribution in [-0.4, -0.2) is 159 Å². The number of aromatic hydroxyl groups is 2. The summed E-state index contributed by atoms with van der Waals surface area (Å²) in [6, 6.07) is 24.5. The second-order valence-corrected chi connectivity index (χ2v) is 24.0. The Balaban J connectivity index is 1.28. The molecule has 0 spiro atoms. The number of carbonyl (C=O) groups excluding carboxylic acids is 11. The molecule has 1 fully saturated rings. The van der Waals surface area contributed by atoms with E-state index in [1.54, 1.807) is 105 Å². The second kappa shape index (κ2) is 33.5. The lowest BCUT2D eigenvalue weighted by atomic mass is 9.99. The van der Waals surface area contributed by atoms with Crippen molar-refractivity contribution in [1.82, 2.24) is 52.4 Å². The third-order valence-electron chi connectivity index (χ3n) is 15.4. The zero-order valence-corrected chi connectivity index (χ0v) is 52.0. The number of nitrogens with zero attached hydrogens (tertiary/aromatic N) is 1. The van der Waals surface area contributed by atoms with E-state index in [-0.39, 0.29) is 73.9 Å². The zero-order chi connectivity index (χ0) is 66.4. The number of nitrogens with one attached hydrogen (secondary N) is 9. The molecule has 0 radical (unpaired) electrons. The van der Waals surface area contributed by atoms with E-state index in [2.05, 4.69) is 47.5 Å². The molecule has 486 valence electrons. The number of fused-ring (bicyclic) bond motifs is 1. The molecule has 1 aromatic heterocycles. The van der Waals surface area contributed by atoms with Gasteiger partial charge in [-0.2, -0.15) is 0 Å². The van der Waals surface area contributed by atoms with Crippen molar-refractivity contribution in [3.63, 3.8) is 0 Å². The van der Waals surface area contributed by atoms with Crippen molar-refractivity contribution in [2.75, 3.05) is 25.1 Å². The number of aromatic amines is 1. The number of phenols is 2. The van der Waals surface area contributed by atoms with Crippen LogP contribution in [0.1, 0.15) is 60.9 Å². The van der Waals surface area contributed by atoms with E-state index in [1.807, 2.05) is 0 Å². The minimum absolute atomic E-state index is 0.0330. The van der Waals surface area contributed by atoms with Gasteiger partial charge in [-0.1, -0.05) is 117 Å². The summed E-state index contributed by atoms with van der Waals surface area (Å²) in [4.78, 5) is 161. The van der Waals surface area contributed by atoms with Crippen molar-refractivity contribution in [3.05, 3.63) is 167 Å². The maximum atomic E-state index is 14.9. The lowest BCUT2D eigenvalue weighted by Gasteiger charge is -2.30. The fourth-order valence-electron chi connectivity index (χ4n) is 10.4. The summed E-state index contributed by atoms with van der Waals surface area (Å²) in [5.74, 6) is -10.6. The summed E-state index contributed by atoms with van der Waals surface area (Å²) in [6.07, 6.45) is 0.0394. The molecule has 0 unspecified atom stereocenters. The van der Waals surface area contributed by atoms with Crippen LogP contribution in [0.3, 0.4) is 0 Å². The Morgan fingerprint density at radius 1 is 0.533 bits per heavy atom. The molecular formula is C66H78N12O13S. The highest BCUT2D eigenvalue weighted by atomic mass is 32.2. The van der Waals surface area contributed by atoms with E-state index in [4.69, 9.17) is 11.5 Å². The lowest BCUT2D eigenvalue weighted by Crippen LogP contribution is -2.61. The highest BCUT2D eigenvalue weighted by Gasteiger charge is 2.37. The summed E-state index contributed by atoms with van der Waals surface area (Å²) in [7, 11) is 1.31. The molecule has 92 heavy (non-hydrogen) atoms. The van der Waals surface area contributed by atoms with E-state index in [9.17, 15) is 63.0 Å². The van der Waals surface area contributed by atoms with Crippen LogP contribution < -0.4 is 54.0 Å². The number of thioether (sulfide) groups is 1. The standard InChI is InChI=1S/C66H78N12O13S/c1-38(2)28-49-62(87)75-52(31-42-20-24-45(80)25-21-42)64(89)76-53(33-43-34-69-47-17-11-10-16-46(43)47)65(90)77-54(59(68)84)36-92-37-57(82)71-51(29-39-12-6-4-7-13-39)63(88)74-50(30-41-18-22-44(79)23-19-41)60(85)70-35-58(83)78(3)55(32-40-14-8-5-9-15-40)66(91)72-48(61(86)73-49)26-27-56(67)81/h4-25,34,38,48-55,69,79-80H,26-33,35-37H2,1-3H3,(H2,67,81)(H2,68,84)(H,70,85)(H,71,82)(H,72,91)(H,73,86)(H,74,88)(H,75,87)(H,76,89)(H,77,90)/t48-,49+,50+,51+,52+,53+,54+,55+/m1/s1. The molecule has 7 rings (SSSR count). The van der Waals surface area contributed by atoms with Gasteiger partial charge in [-0.05, 0) is 76.9 Å². The first-order chi connectivity index (χ1) is 44.0. The van der Waals surface area contributed by atoms with Crippen LogP contribution in [-0.2, 0) is 84.8 Å². The molecule has 25 nitrogen and oxygen atoms in total. The van der Waals surface area contributed by atoms with Crippen LogP contribution >= 0.6 is 11.8 Å². The summed E-state index contributed by atoms with van der Waals surface area (Å²) in [5.41, 5.74) is 14.9. The van der Waals surface area contributed by atoms with Crippen molar-refractivity contribution in [1.29, 1.82) is 0 Å². The van der Waals surface area contributed by atoms with Gasteiger partial charge in [-0.15, -0.1) is 11.8 Å². The molecule has 1 aliphatic rings. The van der Waals surface area contributed by atoms with E-state index in [0.29, 0.717) is 38.7 Å². The Morgan fingerprint density at radius 3 is 1.54 bits per heavy atom. The Kier molecular flexibility index (Phi) is 25.2. The number of nitrogens with two attached hydrogens (primary N) is 2. The van der Waals surface area contributed by atoms with E-state index in [0.717, 1.165) is 16.7 Å². The number of benzene rings is 5. The predicted molar refractivity (Wildman–Crippen MR) is 343 cm³/mol. The number of phenolic OH excluding ortho intramolecular Hbond substituents is 2. The number of amides is 11. The number of aromatic nitrogens is 1. The first-order valence-electron chi connectivity index (χ1n) is 30.0. The number of primary amides is 2. The van der Waals surface area contributed by atoms with Gasteiger partial charge in [0.05, 0.1) is 12.3 Å². The Morgan fingerprint density at radius 2 is 0.989 bits per heavy atom. The Hall–Kier alpha value is -10.2. The van der Waals surface area contributed by atoms with Gasteiger partial charge in [0.15, 0.2) is 0 Å². The summed E-state index contributed by atoms with van der Waals surface area (Å²) < 4.78 is 0. The Labute approximate surface area is 535 Å². The van der Waals surface area contributed by atoms with E-state index < -0.39 is 126 Å². The summed E-state index contributed by atoms with van der Waals surface area (Å²) >= 11 is 0.890. The monoisotopic (exact) mass is 1280 g/mol. The van der Waals surface area contributed by atoms with Gasteiger partial charge < -0.3 is 74.1 Å². The number of likely N-dealkylation sites (N-methyl/N-ethyl adjacent to an activating group) is 1. The molecule has 6 aromatic rings. The van der Waals surface area contributed by atoms with Crippen LogP contribution in [0, 0.1) is 5.92 Å². The molecule has 26 heteroatoms. The van der Waals surface area contributed by atoms with E-state index >= 15 is 0 Å². The van der Waals surface area contributed by atoms with Crippen molar-refractivity contribution in [2.24, 2.45) is 17.4 Å². The smallest absolute Gasteiger partial charge is 0.243 e. The normalized spacial score (nSPS) is 21.7. The lowest BCUT2D eigenvalue weighted by molar-refractivity contribution is -0.140. The molecule has 0 aliphatic carbocycles. The van der Waals surface area contributed by atoms with Crippen LogP contribution in [0.5, 0.6) is 11.5 Å². The highest BCUT2D eigenvalue weighted by Crippen LogP contribution is 2.21. The van der Waals surface area contributed by atoms with Gasteiger partial charge in [-0.25, -0.2) is 0 Å². The first kappa shape index (κ1) is 69.2. The molecule has 1 aliphatic heterocycles. The topological polar surface area (TPSA) is 396 Å². The van der Waals surface area contributed by atoms with Crippen molar-refractivity contribution >= 4 is 87.6 Å². The maximum absolute atomic E-state index is 14.9. The SMILES string of the molecule is CC(C)C[C@@H]1NC(=O)[C@@H](CCC(N)=O)NC(=O)[C@H](Cc2ccccc2)N(C)C(=O)CNC(=O)[C@H](Cc2ccc(O)cc2)NC(=O)[C@H](Cc2ccccc2)NC(=O)CSC[C@@H](C(N)=O)NC(=O)[C@H](Cc2c[nH]c3ccccc23)NC(=O)[C@H](Cc2ccc(O)cc2)NC1=O. The van der Waals surface area contributed by atoms with Crippen LogP contribution in [0.4, 0.5) is 0 Å². The molecule has 11 amide bonds. The largest absolute Gasteiger partial charge is 0.508 e. The van der Waals surface area contributed by atoms with Crippen molar-refractivity contribution < 1.29 is 63.0 Å². The first-order valence-corrected chi connectivity index (χ1v) is 31.1. The van der Waals surface area contributed by atoms with Gasteiger partial charge in [0.25, 0.3) is 0 Å². The number of para-hydroxylation sites is 1. The van der Waals surface area contributed by atoms with Crippen LogP contribution in [0.25, 0.3) is 10.9 Å². The highest BCUT2D eigenvalue weighted by molar-refractivity contribution is 8.00. The molecular weight excluding hydrogens is 1200 g/mol. The summed E-state index contributed by atoms with van der Waals surface area (Å²) in [5, 5.41) is 42.5. The number of hydrogen-bond donors (Lipinski definition) is 13. The van der Waals surface area contributed by atoms with Gasteiger partial charge in [-0.3, -0.25) is 52.7 Å². The van der Waals surface area contributed by atoms with Crippen LogP contribution in [0.15, 0.2) is 140 Å². The molecule has 8 atom stereocenters. The maximum Gasteiger partial charge on any atom is 0.243 e. The molecule has 0 saturated carbocycles. The van der Waals surface area contributed by atoms with Crippen LogP contribution in [0.2, 0.25) is 0 Å². The number of rotatable bonds is 16. The minimum Gasteiger partial charge on any atom is -0.508 e. The van der Waals surface area contributed by atoms with Gasteiger partial charge in [0, 0.05) is 68.4 Å². The molecule has 1 saturated heterocycles. The van der Waals surface area contributed by atoms with Crippen molar-refractivity contribution in [3.8, 4) is 11.5 Å². The zero-order valence-electron chi connectivity index (χ0n) is 51.1. The minimum atomic E-state index is -1.57. The van der Waals surface area contributed by atoms with E-state index in [1.165, 1.54) is 55.6 Å². The quantitative estimate of drug-likeness (QED) is 0.0643. The predicted octanol–water partition coefficient (Wildman–Crippen LogP) is 0.973. The van der Waals surface area contributed by atoms with Gasteiger partial charge >= 0.3 is 0 Å². The fraction of sp³-hybridized carbons (Fsp3) is 0.348. The average molecular weight is 1280 g/mol. The number of hydrogen-bond acceptors (Lipinski definition) is 14. The average Bonchev–Trinajstić information content (AvgIpc) is 1.82. The molecule has 15 N–H and O–H groups in total. The molecule has 0 bridgehead atoms. The van der Waals surface area contributed by atoms with Gasteiger partial charge in [0.2, 0.25) is 65.0 Å².